The maximum absolute atomic E-state index is 6.09. The molecule has 0 spiro atoms. The van der Waals surface area contributed by atoms with Crippen LogP contribution in [0.4, 0.5) is 11.9 Å². The average molecular weight is 417 g/mol. The fraction of sp³-hybridized carbons (Fsp3) is 0.294. The van der Waals surface area contributed by atoms with Gasteiger partial charge in [-0.2, -0.15) is 19.5 Å². The van der Waals surface area contributed by atoms with Crippen LogP contribution in [0.1, 0.15) is 4.88 Å². The summed E-state index contributed by atoms with van der Waals surface area (Å²) in [4.78, 5) is 19.2. The maximum atomic E-state index is 6.09. The van der Waals surface area contributed by atoms with Crippen LogP contribution in [0.15, 0.2) is 34.9 Å². The van der Waals surface area contributed by atoms with E-state index in [0.717, 1.165) is 37.1 Å². The zero-order chi connectivity index (χ0) is 19.1. The zero-order valence-electron chi connectivity index (χ0n) is 14.8. The number of aromatic nitrogens is 5. The second-order valence-electron chi connectivity index (χ2n) is 6.48. The van der Waals surface area contributed by atoms with Crippen LogP contribution in [-0.2, 0) is 6.54 Å². The lowest BCUT2D eigenvalue weighted by atomic mass is 10.3. The quantitative estimate of drug-likeness (QED) is 0.541. The molecule has 4 aromatic heterocycles. The first kappa shape index (κ1) is 17.4. The summed E-state index contributed by atoms with van der Waals surface area (Å²) in [7, 11) is 0. The van der Waals surface area contributed by atoms with Crippen LogP contribution in [0, 0.1) is 0 Å². The average Bonchev–Trinajstić information content (AvgIpc) is 3.42. The van der Waals surface area contributed by atoms with E-state index >= 15 is 0 Å². The van der Waals surface area contributed by atoms with Gasteiger partial charge in [-0.3, -0.25) is 4.90 Å². The summed E-state index contributed by atoms with van der Waals surface area (Å²) in [6.07, 6.45) is 1.57. The highest BCUT2D eigenvalue weighted by atomic mass is 35.5. The molecule has 1 aliphatic heterocycles. The number of piperazine rings is 1. The van der Waals surface area contributed by atoms with E-state index in [1.807, 2.05) is 6.07 Å². The Bertz CT molecular complexity index is 1100. The minimum atomic E-state index is 0.251. The summed E-state index contributed by atoms with van der Waals surface area (Å²) in [6, 6.07) is 7.60. The number of nitrogens with zero attached hydrogens (tertiary/aromatic N) is 7. The first-order valence-electron chi connectivity index (χ1n) is 8.81. The van der Waals surface area contributed by atoms with Gasteiger partial charge in [0.1, 0.15) is 0 Å². The highest BCUT2D eigenvalue weighted by molar-refractivity contribution is 7.16. The minimum absolute atomic E-state index is 0.251. The van der Waals surface area contributed by atoms with Gasteiger partial charge in [-0.05, 0) is 24.3 Å². The molecule has 0 aliphatic carbocycles. The standard InChI is InChI=1S/C17H17ClN8OS/c18-13-4-3-11(28-13)10-24-5-7-25(8-6-24)16-21-15(19)26-17(22-16)20-14(23-26)12-2-1-9-27-12/h1-4,9H,5-8,10H2,(H2,19,20,21,22,23). The lowest BCUT2D eigenvalue weighted by Crippen LogP contribution is -2.46. The smallest absolute Gasteiger partial charge is 0.259 e. The lowest BCUT2D eigenvalue weighted by Gasteiger charge is -2.34. The number of hydrogen-bond donors (Lipinski definition) is 1. The Hall–Kier alpha value is -2.69. The van der Waals surface area contributed by atoms with Gasteiger partial charge >= 0.3 is 0 Å². The van der Waals surface area contributed by atoms with Crippen LogP contribution in [0.3, 0.4) is 0 Å². The summed E-state index contributed by atoms with van der Waals surface area (Å²) in [5.74, 6) is 2.23. The van der Waals surface area contributed by atoms with Crippen LogP contribution in [0.25, 0.3) is 17.4 Å². The van der Waals surface area contributed by atoms with Crippen molar-refractivity contribution in [3.05, 3.63) is 39.7 Å². The molecular weight excluding hydrogens is 400 g/mol. The predicted octanol–water partition coefficient (Wildman–Crippen LogP) is 2.40. The molecule has 1 aliphatic rings. The monoisotopic (exact) mass is 416 g/mol. The third-order valence-corrected chi connectivity index (χ3v) is 5.84. The third-order valence-electron chi connectivity index (χ3n) is 4.63. The van der Waals surface area contributed by atoms with E-state index < -0.39 is 0 Å². The van der Waals surface area contributed by atoms with Crippen LogP contribution in [0.5, 0.6) is 0 Å². The second-order valence-corrected chi connectivity index (χ2v) is 8.27. The predicted molar refractivity (Wildman–Crippen MR) is 108 cm³/mol. The number of furan rings is 1. The van der Waals surface area contributed by atoms with E-state index in [1.165, 1.54) is 9.39 Å². The zero-order valence-corrected chi connectivity index (χ0v) is 16.4. The molecular formula is C17H17ClN8OS. The number of rotatable bonds is 4. The van der Waals surface area contributed by atoms with Crippen molar-refractivity contribution in [3.63, 3.8) is 0 Å². The molecule has 0 radical (unpaired) electrons. The molecule has 1 saturated heterocycles. The Balaban J connectivity index is 1.32. The van der Waals surface area contributed by atoms with Crippen molar-refractivity contribution >= 4 is 40.6 Å². The van der Waals surface area contributed by atoms with Crippen molar-refractivity contribution in [2.45, 2.75) is 6.54 Å². The highest BCUT2D eigenvalue weighted by Crippen LogP contribution is 2.24. The van der Waals surface area contributed by atoms with Gasteiger partial charge in [-0.1, -0.05) is 11.6 Å². The van der Waals surface area contributed by atoms with E-state index in [2.05, 4.69) is 35.9 Å². The fourth-order valence-electron chi connectivity index (χ4n) is 3.21. The molecule has 0 atom stereocenters. The largest absolute Gasteiger partial charge is 0.461 e. The molecule has 9 nitrogen and oxygen atoms in total. The Morgan fingerprint density at radius 3 is 2.68 bits per heavy atom. The van der Waals surface area contributed by atoms with Crippen molar-refractivity contribution in [3.8, 4) is 11.6 Å². The number of halogens is 1. The summed E-state index contributed by atoms with van der Waals surface area (Å²) in [5.41, 5.74) is 6.09. The van der Waals surface area contributed by atoms with Crippen molar-refractivity contribution in [2.75, 3.05) is 36.8 Å². The van der Waals surface area contributed by atoms with Crippen molar-refractivity contribution in [1.82, 2.24) is 29.5 Å². The number of fused-ring (bicyclic) bond motifs is 1. The van der Waals surface area contributed by atoms with Crippen molar-refractivity contribution in [1.29, 1.82) is 0 Å². The number of anilines is 2. The van der Waals surface area contributed by atoms with Gasteiger partial charge < -0.3 is 15.1 Å². The maximum Gasteiger partial charge on any atom is 0.259 e. The molecule has 0 saturated carbocycles. The molecule has 11 heteroatoms. The summed E-state index contributed by atoms with van der Waals surface area (Å²) in [6.45, 7) is 4.36. The Morgan fingerprint density at radius 2 is 1.96 bits per heavy atom. The van der Waals surface area contributed by atoms with Gasteiger partial charge in [-0.15, -0.1) is 16.4 Å². The number of nitrogens with two attached hydrogens (primary N) is 1. The van der Waals surface area contributed by atoms with Crippen LogP contribution >= 0.6 is 22.9 Å². The molecule has 5 heterocycles. The van der Waals surface area contributed by atoms with Crippen LogP contribution in [0.2, 0.25) is 4.34 Å². The van der Waals surface area contributed by atoms with Gasteiger partial charge in [0.15, 0.2) is 5.76 Å². The summed E-state index contributed by atoms with van der Waals surface area (Å²) in [5, 5.41) is 4.33. The Labute approximate surface area is 169 Å². The molecule has 144 valence electrons. The number of hydrogen-bond acceptors (Lipinski definition) is 9. The van der Waals surface area contributed by atoms with E-state index in [1.54, 1.807) is 29.7 Å². The Kier molecular flexibility index (Phi) is 4.38. The molecule has 0 unspecified atom stereocenters. The third kappa shape index (κ3) is 3.30. The fourth-order valence-corrected chi connectivity index (χ4v) is 4.34. The highest BCUT2D eigenvalue weighted by Gasteiger charge is 2.22. The second kappa shape index (κ2) is 7.04. The van der Waals surface area contributed by atoms with Gasteiger partial charge in [0.05, 0.1) is 10.6 Å². The Morgan fingerprint density at radius 1 is 1.11 bits per heavy atom. The van der Waals surface area contributed by atoms with Crippen LogP contribution < -0.4 is 10.6 Å². The van der Waals surface area contributed by atoms with Crippen molar-refractivity contribution in [2.24, 2.45) is 0 Å². The molecule has 2 N–H and O–H groups in total. The minimum Gasteiger partial charge on any atom is -0.461 e. The van der Waals surface area contributed by atoms with E-state index in [0.29, 0.717) is 23.3 Å². The van der Waals surface area contributed by atoms with Gasteiger partial charge in [0, 0.05) is 37.6 Å². The summed E-state index contributed by atoms with van der Waals surface area (Å²) >= 11 is 7.65. The molecule has 0 amide bonds. The molecule has 0 bridgehead atoms. The van der Waals surface area contributed by atoms with Crippen molar-refractivity contribution < 1.29 is 4.42 Å². The molecule has 0 aromatic carbocycles. The SMILES string of the molecule is Nc1nc(N2CCN(Cc3ccc(Cl)s3)CC2)nc2nc(-c3ccco3)nn12. The first-order chi connectivity index (χ1) is 13.7. The van der Waals surface area contributed by atoms with Crippen LogP contribution in [-0.4, -0.2) is 55.6 Å². The molecule has 28 heavy (non-hydrogen) atoms. The number of nitrogen functional groups attached to an aromatic ring is 1. The first-order valence-corrected chi connectivity index (χ1v) is 10.0. The lowest BCUT2D eigenvalue weighted by molar-refractivity contribution is 0.251. The number of thiophene rings is 1. The van der Waals surface area contributed by atoms with E-state index in [-0.39, 0.29) is 5.95 Å². The normalized spacial score (nSPS) is 15.5. The molecule has 5 rings (SSSR count). The molecule has 4 aromatic rings. The summed E-state index contributed by atoms with van der Waals surface area (Å²) < 4.78 is 7.60. The van der Waals surface area contributed by atoms with Gasteiger partial charge in [-0.25, -0.2) is 0 Å². The molecule has 1 fully saturated rings. The van der Waals surface area contributed by atoms with Gasteiger partial charge in [0.2, 0.25) is 17.7 Å². The van der Waals surface area contributed by atoms with Gasteiger partial charge in [0.25, 0.3) is 5.78 Å². The van der Waals surface area contributed by atoms with E-state index in [4.69, 9.17) is 21.8 Å². The van der Waals surface area contributed by atoms with E-state index in [9.17, 15) is 0 Å². The topological polar surface area (TPSA) is 102 Å².